The van der Waals surface area contributed by atoms with Crippen LogP contribution in [0.15, 0.2) is 47.5 Å². The first kappa shape index (κ1) is 17.9. The minimum Gasteiger partial charge on any atom is -0.322 e. The van der Waals surface area contributed by atoms with Gasteiger partial charge in [-0.1, -0.05) is 41.6 Å². The van der Waals surface area contributed by atoms with Crippen LogP contribution in [0.1, 0.15) is 15.9 Å². The molecule has 0 aliphatic rings. The van der Waals surface area contributed by atoms with Crippen LogP contribution in [0.2, 0.25) is 5.02 Å². The number of aliphatic imine (C=N–C) groups is 1. The molecule has 0 heterocycles. The number of aryl methyl sites for hydroxylation is 1. The third-order valence-electron chi connectivity index (χ3n) is 3.16. The van der Waals surface area contributed by atoms with Crippen LogP contribution in [0, 0.1) is 18.4 Å². The number of nitriles is 1. The summed E-state index contributed by atoms with van der Waals surface area (Å²) in [5.41, 5.74) is 2.42. The molecule has 0 bridgehead atoms. The number of nitrogens with one attached hydrogen (secondary N) is 2. The Labute approximate surface area is 149 Å². The van der Waals surface area contributed by atoms with Gasteiger partial charge in [0.1, 0.15) is 0 Å². The summed E-state index contributed by atoms with van der Waals surface area (Å²) in [7, 11) is 0. The molecule has 0 aliphatic heterocycles. The number of hydrogen-bond donors (Lipinski definition) is 2. The van der Waals surface area contributed by atoms with Gasteiger partial charge in [0.25, 0.3) is 5.91 Å². The third-order valence-corrected chi connectivity index (χ3v) is 4.14. The second kappa shape index (κ2) is 8.39. The SMILES string of the molecule is CSC(=Nc1ccccc1C(=O)Nc1ccc(C)c(Cl)c1)NC#N. The largest absolute Gasteiger partial charge is 0.322 e. The molecule has 2 rings (SSSR count). The second-order valence-corrected chi connectivity index (χ2v) is 6.00. The Hall–Kier alpha value is -2.49. The highest BCUT2D eigenvalue weighted by molar-refractivity contribution is 8.13. The van der Waals surface area contributed by atoms with Crippen LogP contribution in [0.4, 0.5) is 11.4 Å². The zero-order valence-corrected chi connectivity index (χ0v) is 14.7. The number of thioether (sulfide) groups is 1. The van der Waals surface area contributed by atoms with Crippen LogP contribution in [0.5, 0.6) is 0 Å². The molecule has 0 aromatic heterocycles. The Bertz CT molecular complexity index is 830. The minimum atomic E-state index is -0.299. The first-order valence-electron chi connectivity index (χ1n) is 6.99. The van der Waals surface area contributed by atoms with Gasteiger partial charge >= 0.3 is 0 Å². The molecule has 24 heavy (non-hydrogen) atoms. The zero-order valence-electron chi connectivity index (χ0n) is 13.1. The van der Waals surface area contributed by atoms with E-state index in [2.05, 4.69) is 15.6 Å². The number of carbonyl (C=O) groups excluding carboxylic acids is 1. The molecule has 0 saturated heterocycles. The first-order valence-corrected chi connectivity index (χ1v) is 8.59. The second-order valence-electron chi connectivity index (χ2n) is 4.79. The van der Waals surface area contributed by atoms with Crippen LogP contribution >= 0.6 is 23.4 Å². The zero-order chi connectivity index (χ0) is 17.5. The van der Waals surface area contributed by atoms with E-state index in [4.69, 9.17) is 16.9 Å². The van der Waals surface area contributed by atoms with Gasteiger partial charge in [-0.15, -0.1) is 0 Å². The summed E-state index contributed by atoms with van der Waals surface area (Å²) >= 11 is 7.37. The van der Waals surface area contributed by atoms with E-state index in [1.54, 1.807) is 42.7 Å². The minimum absolute atomic E-state index is 0.299. The van der Waals surface area contributed by atoms with E-state index in [9.17, 15) is 4.79 Å². The molecule has 1 amide bonds. The van der Waals surface area contributed by atoms with Crippen LogP contribution < -0.4 is 10.6 Å². The molecule has 0 aliphatic carbocycles. The number of amides is 1. The Balaban J connectivity index is 2.30. The van der Waals surface area contributed by atoms with E-state index in [1.165, 1.54) is 11.8 Å². The molecule has 7 heteroatoms. The summed E-state index contributed by atoms with van der Waals surface area (Å²) in [6.45, 7) is 1.89. The summed E-state index contributed by atoms with van der Waals surface area (Å²) in [5.74, 6) is -0.299. The maximum absolute atomic E-state index is 12.5. The molecule has 0 radical (unpaired) electrons. The van der Waals surface area contributed by atoms with E-state index in [0.29, 0.717) is 27.1 Å². The molecule has 2 aromatic carbocycles. The van der Waals surface area contributed by atoms with Gasteiger partial charge in [0.15, 0.2) is 11.4 Å². The van der Waals surface area contributed by atoms with Gasteiger partial charge < -0.3 is 5.32 Å². The number of hydrogen-bond acceptors (Lipinski definition) is 4. The lowest BCUT2D eigenvalue weighted by molar-refractivity contribution is 0.102. The molecular formula is C17H15ClN4OS. The number of nitrogens with zero attached hydrogens (tertiary/aromatic N) is 2. The van der Waals surface area contributed by atoms with Crippen molar-refractivity contribution in [2.45, 2.75) is 6.92 Å². The summed E-state index contributed by atoms with van der Waals surface area (Å²) in [6, 6.07) is 12.3. The van der Waals surface area contributed by atoms with E-state index < -0.39 is 0 Å². The van der Waals surface area contributed by atoms with Crippen molar-refractivity contribution in [2.24, 2.45) is 4.99 Å². The highest BCUT2D eigenvalue weighted by Gasteiger charge is 2.12. The van der Waals surface area contributed by atoms with Crippen molar-refractivity contribution in [1.82, 2.24) is 5.32 Å². The highest BCUT2D eigenvalue weighted by Crippen LogP contribution is 2.24. The van der Waals surface area contributed by atoms with Gasteiger partial charge in [-0.3, -0.25) is 10.1 Å². The lowest BCUT2D eigenvalue weighted by atomic mass is 10.1. The maximum Gasteiger partial charge on any atom is 0.257 e. The number of para-hydroxylation sites is 1. The molecule has 0 unspecified atom stereocenters. The molecule has 0 spiro atoms. The monoisotopic (exact) mass is 358 g/mol. The standard InChI is InChI=1S/C17H15ClN4OS/c1-11-7-8-12(9-14(11)18)21-16(23)13-5-3-4-6-15(13)22-17(24-2)20-10-19/h3-9H,1-2H3,(H,20,22)(H,21,23). The average molecular weight is 359 g/mol. The quantitative estimate of drug-likeness (QED) is 0.370. The van der Waals surface area contributed by atoms with E-state index in [-0.39, 0.29) is 5.91 Å². The Morgan fingerprint density at radius 2 is 2.04 bits per heavy atom. The van der Waals surface area contributed by atoms with Gasteiger partial charge in [0, 0.05) is 10.7 Å². The van der Waals surface area contributed by atoms with Gasteiger partial charge in [-0.25, -0.2) is 4.99 Å². The van der Waals surface area contributed by atoms with Crippen LogP contribution in [-0.2, 0) is 0 Å². The Morgan fingerprint density at radius 3 is 2.71 bits per heavy atom. The number of benzene rings is 2. The fraction of sp³-hybridized carbons (Fsp3) is 0.118. The summed E-state index contributed by atoms with van der Waals surface area (Å²) in [6.07, 6.45) is 3.61. The summed E-state index contributed by atoms with van der Waals surface area (Å²) in [4.78, 5) is 16.9. The Kier molecular flexibility index (Phi) is 6.24. The number of amidine groups is 1. The molecule has 2 aromatic rings. The third kappa shape index (κ3) is 4.51. The lowest BCUT2D eigenvalue weighted by Gasteiger charge is -2.09. The molecule has 0 saturated carbocycles. The molecular weight excluding hydrogens is 344 g/mol. The van der Waals surface area contributed by atoms with Crippen molar-refractivity contribution < 1.29 is 4.79 Å². The van der Waals surface area contributed by atoms with E-state index in [0.717, 1.165) is 5.56 Å². The number of carbonyl (C=O) groups is 1. The first-order chi connectivity index (χ1) is 11.5. The van der Waals surface area contributed by atoms with E-state index in [1.807, 2.05) is 19.2 Å². The van der Waals surface area contributed by atoms with Crippen molar-refractivity contribution in [3.05, 3.63) is 58.6 Å². The fourth-order valence-electron chi connectivity index (χ4n) is 1.91. The average Bonchev–Trinajstić information content (AvgIpc) is 2.58. The van der Waals surface area contributed by atoms with Crippen LogP contribution in [0.3, 0.4) is 0 Å². The summed E-state index contributed by atoms with van der Waals surface area (Å²) in [5, 5.41) is 15.0. The fourth-order valence-corrected chi connectivity index (χ4v) is 2.43. The Morgan fingerprint density at radius 1 is 1.29 bits per heavy atom. The van der Waals surface area contributed by atoms with Gasteiger partial charge in [-0.2, -0.15) is 5.26 Å². The van der Waals surface area contributed by atoms with Crippen molar-refractivity contribution >= 4 is 45.8 Å². The number of halogens is 1. The highest BCUT2D eigenvalue weighted by atomic mass is 35.5. The van der Waals surface area contributed by atoms with Gasteiger partial charge in [0.05, 0.1) is 11.3 Å². The van der Waals surface area contributed by atoms with Crippen molar-refractivity contribution in [3.63, 3.8) is 0 Å². The molecule has 0 fully saturated rings. The van der Waals surface area contributed by atoms with Crippen LogP contribution in [-0.4, -0.2) is 17.3 Å². The normalized spacial score (nSPS) is 10.8. The number of anilines is 1. The molecule has 2 N–H and O–H groups in total. The maximum atomic E-state index is 12.5. The number of rotatable bonds is 3. The summed E-state index contributed by atoms with van der Waals surface area (Å²) < 4.78 is 0. The molecule has 0 atom stereocenters. The predicted octanol–water partition coefficient (Wildman–Crippen LogP) is 4.32. The van der Waals surface area contributed by atoms with Gasteiger partial charge in [0.2, 0.25) is 0 Å². The smallest absolute Gasteiger partial charge is 0.257 e. The lowest BCUT2D eigenvalue weighted by Crippen LogP contribution is -2.14. The van der Waals surface area contributed by atoms with Gasteiger partial charge in [-0.05, 0) is 43.0 Å². The van der Waals surface area contributed by atoms with Crippen molar-refractivity contribution in [1.29, 1.82) is 5.26 Å². The topological polar surface area (TPSA) is 77.3 Å². The van der Waals surface area contributed by atoms with Crippen LogP contribution in [0.25, 0.3) is 0 Å². The molecule has 5 nitrogen and oxygen atoms in total. The predicted molar refractivity (Wildman–Crippen MR) is 99.9 cm³/mol. The van der Waals surface area contributed by atoms with Crippen molar-refractivity contribution in [3.8, 4) is 6.19 Å². The molecule has 122 valence electrons. The van der Waals surface area contributed by atoms with E-state index >= 15 is 0 Å². The van der Waals surface area contributed by atoms with Crippen molar-refractivity contribution in [2.75, 3.05) is 11.6 Å².